The van der Waals surface area contributed by atoms with Crippen LogP contribution in [0.25, 0.3) is 0 Å². The molecule has 1 aromatic carbocycles. The van der Waals surface area contributed by atoms with Gasteiger partial charge in [-0.25, -0.2) is 0 Å². The molecule has 0 unspecified atom stereocenters. The zero-order chi connectivity index (χ0) is 14.8. The number of rotatable bonds is 3. The van der Waals surface area contributed by atoms with Crippen LogP contribution in [0.2, 0.25) is 5.02 Å². The van der Waals surface area contributed by atoms with Crippen LogP contribution in [-0.2, 0) is 19.2 Å². The quantitative estimate of drug-likeness (QED) is 0.635. The third-order valence-corrected chi connectivity index (χ3v) is 3.87. The fraction of sp³-hybridized carbons (Fsp3) is 0.0769. The summed E-state index contributed by atoms with van der Waals surface area (Å²) in [5, 5.41) is 3.94. The second-order valence-corrected chi connectivity index (χ2v) is 5.99. The molecular weight excluding hydrogens is 302 g/mol. The Bertz CT molecular complexity index is 730. The lowest BCUT2D eigenvalue weighted by Gasteiger charge is -2.04. The molecule has 0 amide bonds. The number of nitrogens with zero attached hydrogens (tertiary/aromatic N) is 1. The summed E-state index contributed by atoms with van der Waals surface area (Å²) in [5.41, 5.74) is 0.707. The highest BCUT2D eigenvalue weighted by Gasteiger charge is 2.16. The molecule has 2 rings (SSSR count). The van der Waals surface area contributed by atoms with Crippen molar-refractivity contribution in [3.63, 3.8) is 0 Å². The second kappa shape index (κ2) is 5.60. The predicted molar refractivity (Wildman–Crippen MR) is 75.1 cm³/mol. The molecule has 1 aromatic rings. The van der Waals surface area contributed by atoms with Crippen LogP contribution in [0.4, 0.5) is 0 Å². The topological polar surface area (TPSA) is 72.8 Å². The summed E-state index contributed by atoms with van der Waals surface area (Å²) in [6.45, 7) is 1.61. The second-order valence-electron chi connectivity index (χ2n) is 4.02. The number of benzene rings is 1. The van der Waals surface area contributed by atoms with Crippen LogP contribution in [0.1, 0.15) is 6.92 Å². The van der Waals surface area contributed by atoms with E-state index < -0.39 is 10.1 Å². The monoisotopic (exact) mass is 311 g/mol. The van der Waals surface area contributed by atoms with Crippen molar-refractivity contribution < 1.29 is 17.5 Å². The number of halogens is 1. The van der Waals surface area contributed by atoms with Crippen LogP contribution in [0.15, 0.2) is 58.1 Å². The lowest BCUT2D eigenvalue weighted by molar-refractivity contribution is -0.111. The van der Waals surface area contributed by atoms with Crippen molar-refractivity contribution in [2.45, 2.75) is 11.8 Å². The molecule has 0 spiro atoms. The summed E-state index contributed by atoms with van der Waals surface area (Å²) in [6.07, 6.45) is 4.12. The van der Waals surface area contributed by atoms with Crippen LogP contribution in [-0.4, -0.2) is 19.9 Å². The maximum Gasteiger partial charge on any atom is 0.358 e. The zero-order valence-electron chi connectivity index (χ0n) is 10.4. The summed E-state index contributed by atoms with van der Waals surface area (Å²) >= 11 is 5.68. The van der Waals surface area contributed by atoms with Crippen molar-refractivity contribution in [2.75, 3.05) is 0 Å². The van der Waals surface area contributed by atoms with Gasteiger partial charge in [0, 0.05) is 5.02 Å². The number of carbonyl (C=O) groups excluding carboxylic acids is 1. The van der Waals surface area contributed by atoms with E-state index >= 15 is 0 Å². The van der Waals surface area contributed by atoms with Crippen molar-refractivity contribution in [2.24, 2.45) is 5.16 Å². The van der Waals surface area contributed by atoms with E-state index in [1.807, 2.05) is 0 Å². The van der Waals surface area contributed by atoms with Crippen molar-refractivity contribution in [3.8, 4) is 0 Å². The van der Waals surface area contributed by atoms with Crippen molar-refractivity contribution in [1.29, 1.82) is 0 Å². The smallest absolute Gasteiger partial charge is 0.290 e. The molecule has 0 atom stereocenters. The summed E-state index contributed by atoms with van der Waals surface area (Å²) in [4.78, 5) is 11.2. The van der Waals surface area contributed by atoms with Gasteiger partial charge in [-0.15, -0.1) is 0 Å². The number of allylic oxidation sites excluding steroid dienone is 4. The van der Waals surface area contributed by atoms with Gasteiger partial charge in [-0.3, -0.25) is 9.08 Å². The third kappa shape index (κ3) is 3.34. The molecule has 0 heterocycles. The summed E-state index contributed by atoms with van der Waals surface area (Å²) < 4.78 is 28.3. The minimum Gasteiger partial charge on any atom is -0.290 e. The molecule has 5 nitrogen and oxygen atoms in total. The van der Waals surface area contributed by atoms with Crippen LogP contribution in [0, 0.1) is 0 Å². The van der Waals surface area contributed by atoms with E-state index in [4.69, 9.17) is 11.6 Å². The van der Waals surface area contributed by atoms with Gasteiger partial charge in [0.2, 0.25) is 0 Å². The standard InChI is InChI=1S/C13H10ClNO4S/c1-9-8-11(4-7-13(9)16)15-19-20(17,18)12-5-2-10(14)3-6-12/h2-8H,1H3. The number of ketones is 1. The highest BCUT2D eigenvalue weighted by Crippen LogP contribution is 2.16. The Kier molecular flexibility index (Phi) is 4.06. The molecule has 0 saturated carbocycles. The molecule has 0 aromatic heterocycles. The van der Waals surface area contributed by atoms with Crippen molar-refractivity contribution >= 4 is 33.2 Å². The summed E-state index contributed by atoms with van der Waals surface area (Å²) in [6, 6.07) is 5.51. The number of hydrogen-bond donors (Lipinski definition) is 0. The average Bonchev–Trinajstić information content (AvgIpc) is 2.41. The van der Waals surface area contributed by atoms with Gasteiger partial charge in [0.15, 0.2) is 5.78 Å². The molecule has 0 fully saturated rings. The highest BCUT2D eigenvalue weighted by molar-refractivity contribution is 7.86. The first-order valence-electron chi connectivity index (χ1n) is 5.56. The first-order valence-corrected chi connectivity index (χ1v) is 7.35. The highest BCUT2D eigenvalue weighted by atomic mass is 35.5. The Hall–Kier alpha value is -1.92. The average molecular weight is 312 g/mol. The Labute approximate surface area is 121 Å². The molecule has 0 aliphatic heterocycles. The number of oxime groups is 1. The molecule has 1 aliphatic carbocycles. The normalized spacial score (nSPS) is 17.2. The fourth-order valence-corrected chi connectivity index (χ4v) is 2.29. The van der Waals surface area contributed by atoms with Gasteiger partial charge in [-0.2, -0.15) is 8.42 Å². The van der Waals surface area contributed by atoms with Crippen LogP contribution in [0.3, 0.4) is 0 Å². The molecule has 20 heavy (non-hydrogen) atoms. The Balaban J connectivity index is 2.20. The maximum absolute atomic E-state index is 11.8. The Morgan fingerprint density at radius 3 is 2.40 bits per heavy atom. The van der Waals surface area contributed by atoms with Gasteiger partial charge in [-0.05, 0) is 55.0 Å². The van der Waals surface area contributed by atoms with Crippen LogP contribution >= 0.6 is 11.6 Å². The van der Waals surface area contributed by atoms with E-state index in [9.17, 15) is 13.2 Å². The Morgan fingerprint density at radius 1 is 1.15 bits per heavy atom. The van der Waals surface area contributed by atoms with Gasteiger partial charge < -0.3 is 0 Å². The van der Waals surface area contributed by atoms with Crippen LogP contribution < -0.4 is 0 Å². The minimum absolute atomic E-state index is 0.0529. The number of hydrogen-bond acceptors (Lipinski definition) is 5. The third-order valence-electron chi connectivity index (χ3n) is 2.50. The van der Waals surface area contributed by atoms with E-state index in [2.05, 4.69) is 9.44 Å². The minimum atomic E-state index is -4.00. The Morgan fingerprint density at radius 2 is 1.80 bits per heavy atom. The van der Waals surface area contributed by atoms with Crippen molar-refractivity contribution in [1.82, 2.24) is 0 Å². The van der Waals surface area contributed by atoms with Gasteiger partial charge in [0.25, 0.3) is 0 Å². The van der Waals surface area contributed by atoms with E-state index in [1.165, 1.54) is 42.5 Å². The SMILES string of the molecule is CC1=CC(=NOS(=O)(=O)c2ccc(Cl)cc2)C=CC1=O. The van der Waals surface area contributed by atoms with Gasteiger partial charge in [-0.1, -0.05) is 16.8 Å². The summed E-state index contributed by atoms with van der Waals surface area (Å²) in [7, 11) is -4.00. The first-order chi connectivity index (χ1) is 9.38. The molecule has 0 bridgehead atoms. The molecule has 1 aliphatic rings. The predicted octanol–water partition coefficient (Wildman–Crippen LogP) is 2.49. The van der Waals surface area contributed by atoms with E-state index in [0.29, 0.717) is 10.6 Å². The molecule has 7 heteroatoms. The summed E-state index contributed by atoms with van der Waals surface area (Å²) in [5.74, 6) is -0.149. The molecule has 0 saturated heterocycles. The van der Waals surface area contributed by atoms with Gasteiger partial charge >= 0.3 is 10.1 Å². The van der Waals surface area contributed by atoms with Crippen LogP contribution in [0.5, 0.6) is 0 Å². The largest absolute Gasteiger partial charge is 0.358 e. The molecule has 0 N–H and O–H groups in total. The van der Waals surface area contributed by atoms with Crippen molar-refractivity contribution in [3.05, 3.63) is 53.1 Å². The number of carbonyl (C=O) groups is 1. The molecule has 0 radical (unpaired) electrons. The lowest BCUT2D eigenvalue weighted by Crippen LogP contribution is -2.08. The van der Waals surface area contributed by atoms with E-state index in [0.717, 1.165) is 0 Å². The fourth-order valence-electron chi connectivity index (χ4n) is 1.43. The van der Waals surface area contributed by atoms with E-state index in [-0.39, 0.29) is 16.4 Å². The zero-order valence-corrected chi connectivity index (χ0v) is 12.0. The molecular formula is C13H10ClNO4S. The molecule has 104 valence electrons. The maximum atomic E-state index is 11.8. The first kappa shape index (κ1) is 14.5. The lowest BCUT2D eigenvalue weighted by atomic mass is 10.1. The van der Waals surface area contributed by atoms with Gasteiger partial charge in [0.05, 0.1) is 0 Å². The van der Waals surface area contributed by atoms with E-state index in [1.54, 1.807) is 6.92 Å². The van der Waals surface area contributed by atoms with Gasteiger partial charge in [0.1, 0.15) is 10.6 Å².